The van der Waals surface area contributed by atoms with Gasteiger partial charge in [-0.05, 0) is 11.1 Å². The van der Waals surface area contributed by atoms with Crippen LogP contribution in [-0.2, 0) is 22.7 Å². The summed E-state index contributed by atoms with van der Waals surface area (Å²) in [5, 5.41) is 0. The zero-order valence-corrected chi connectivity index (χ0v) is 14.7. The van der Waals surface area contributed by atoms with Gasteiger partial charge in [0.2, 0.25) is 5.91 Å². The molecule has 0 saturated carbocycles. The quantitative estimate of drug-likeness (QED) is 0.749. The predicted octanol–water partition coefficient (Wildman–Crippen LogP) is 2.11. The van der Waals surface area contributed by atoms with Crippen LogP contribution in [0.4, 0.5) is 4.79 Å². The molecule has 3 rings (SSSR count). The average molecular weight is 351 g/mol. The standard InChI is InChI=1S/C20H21N3O3/c1-21-14-19(25)23(20(21)26)15-18(24)22(12-16-8-4-2-5-9-16)13-17-10-6-3-7-11-17/h2-11H,12-15H2,1H3. The molecule has 0 unspecified atom stereocenters. The molecule has 6 nitrogen and oxygen atoms in total. The SMILES string of the molecule is CN1CC(=O)N(CC(=O)N(Cc2ccccc2)Cc2ccccc2)C1=O. The van der Waals surface area contributed by atoms with Crippen LogP contribution in [0.1, 0.15) is 11.1 Å². The molecule has 134 valence electrons. The first-order valence-electron chi connectivity index (χ1n) is 8.45. The summed E-state index contributed by atoms with van der Waals surface area (Å²) < 4.78 is 0. The fourth-order valence-electron chi connectivity index (χ4n) is 2.90. The van der Waals surface area contributed by atoms with Crippen LogP contribution in [0.5, 0.6) is 0 Å². The molecule has 6 heteroatoms. The van der Waals surface area contributed by atoms with E-state index in [0.717, 1.165) is 16.0 Å². The number of nitrogens with zero attached hydrogens (tertiary/aromatic N) is 3. The molecule has 26 heavy (non-hydrogen) atoms. The summed E-state index contributed by atoms with van der Waals surface area (Å²) in [5.41, 5.74) is 1.99. The maximum atomic E-state index is 12.9. The fourth-order valence-corrected chi connectivity index (χ4v) is 2.90. The highest BCUT2D eigenvalue weighted by Crippen LogP contribution is 2.13. The Morgan fingerprint density at radius 2 is 1.42 bits per heavy atom. The van der Waals surface area contributed by atoms with E-state index in [4.69, 9.17) is 0 Å². The summed E-state index contributed by atoms with van der Waals surface area (Å²) in [4.78, 5) is 40.9. The molecular formula is C20H21N3O3. The smallest absolute Gasteiger partial charge is 0.327 e. The van der Waals surface area contributed by atoms with Gasteiger partial charge in [-0.15, -0.1) is 0 Å². The summed E-state index contributed by atoms with van der Waals surface area (Å²) in [6.07, 6.45) is 0. The van der Waals surface area contributed by atoms with Crippen molar-refractivity contribution in [2.45, 2.75) is 13.1 Å². The van der Waals surface area contributed by atoms with E-state index in [-0.39, 0.29) is 24.9 Å². The Balaban J connectivity index is 1.76. The van der Waals surface area contributed by atoms with Gasteiger partial charge in [0.15, 0.2) is 0 Å². The van der Waals surface area contributed by atoms with Gasteiger partial charge in [-0.2, -0.15) is 0 Å². The van der Waals surface area contributed by atoms with Crippen molar-refractivity contribution >= 4 is 17.8 Å². The van der Waals surface area contributed by atoms with E-state index in [2.05, 4.69) is 0 Å². The molecule has 0 aliphatic carbocycles. The molecule has 1 heterocycles. The van der Waals surface area contributed by atoms with Crippen LogP contribution >= 0.6 is 0 Å². The number of hydrogen-bond donors (Lipinski definition) is 0. The van der Waals surface area contributed by atoms with Crippen molar-refractivity contribution < 1.29 is 14.4 Å². The summed E-state index contributed by atoms with van der Waals surface area (Å²) in [5.74, 6) is -0.597. The third-order valence-electron chi connectivity index (χ3n) is 4.31. The molecule has 0 radical (unpaired) electrons. The minimum absolute atomic E-state index is 0.0173. The van der Waals surface area contributed by atoms with Crippen molar-refractivity contribution in [1.82, 2.24) is 14.7 Å². The van der Waals surface area contributed by atoms with Gasteiger partial charge < -0.3 is 9.80 Å². The van der Waals surface area contributed by atoms with Gasteiger partial charge in [-0.25, -0.2) is 4.79 Å². The van der Waals surface area contributed by atoms with Crippen LogP contribution in [0.15, 0.2) is 60.7 Å². The van der Waals surface area contributed by atoms with Crippen molar-refractivity contribution in [3.8, 4) is 0 Å². The molecule has 2 aromatic carbocycles. The average Bonchev–Trinajstić information content (AvgIpc) is 2.89. The van der Waals surface area contributed by atoms with E-state index in [9.17, 15) is 14.4 Å². The number of rotatable bonds is 6. The molecule has 2 aromatic rings. The maximum Gasteiger partial charge on any atom is 0.327 e. The normalized spacial score (nSPS) is 14.0. The third-order valence-corrected chi connectivity index (χ3v) is 4.31. The Hall–Kier alpha value is -3.15. The topological polar surface area (TPSA) is 60.9 Å². The van der Waals surface area contributed by atoms with Crippen molar-refractivity contribution in [2.24, 2.45) is 0 Å². The second kappa shape index (κ2) is 7.82. The zero-order chi connectivity index (χ0) is 18.5. The Labute approximate surface area is 152 Å². The highest BCUT2D eigenvalue weighted by molar-refractivity contribution is 6.04. The van der Waals surface area contributed by atoms with Crippen molar-refractivity contribution in [2.75, 3.05) is 20.1 Å². The number of hydrogen-bond acceptors (Lipinski definition) is 3. The van der Waals surface area contributed by atoms with Gasteiger partial charge in [0, 0.05) is 20.1 Å². The molecule has 0 spiro atoms. The Bertz CT molecular complexity index is 751. The van der Waals surface area contributed by atoms with Gasteiger partial charge >= 0.3 is 6.03 Å². The summed E-state index contributed by atoms with van der Waals surface area (Å²) in [6.45, 7) is 0.617. The van der Waals surface area contributed by atoms with E-state index in [1.165, 1.54) is 4.90 Å². The molecule has 1 fully saturated rings. The molecule has 0 atom stereocenters. The van der Waals surface area contributed by atoms with Crippen LogP contribution in [0.25, 0.3) is 0 Å². The Kier molecular flexibility index (Phi) is 5.31. The minimum Gasteiger partial charge on any atom is -0.332 e. The lowest BCUT2D eigenvalue weighted by molar-refractivity contribution is -0.137. The first kappa shape index (κ1) is 17.7. The molecule has 0 aromatic heterocycles. The van der Waals surface area contributed by atoms with E-state index in [1.807, 2.05) is 60.7 Å². The molecular weight excluding hydrogens is 330 g/mol. The van der Waals surface area contributed by atoms with E-state index >= 15 is 0 Å². The molecule has 1 saturated heterocycles. The van der Waals surface area contributed by atoms with Crippen LogP contribution in [0.3, 0.4) is 0 Å². The van der Waals surface area contributed by atoms with E-state index in [0.29, 0.717) is 13.1 Å². The van der Waals surface area contributed by atoms with Crippen molar-refractivity contribution in [3.05, 3.63) is 71.8 Å². The second-order valence-corrected chi connectivity index (χ2v) is 6.34. The van der Waals surface area contributed by atoms with Crippen LogP contribution in [-0.4, -0.2) is 52.7 Å². The number of amides is 4. The van der Waals surface area contributed by atoms with Crippen molar-refractivity contribution in [1.29, 1.82) is 0 Å². The number of carbonyl (C=O) groups excluding carboxylic acids is 3. The molecule has 0 bridgehead atoms. The maximum absolute atomic E-state index is 12.9. The summed E-state index contributed by atoms with van der Waals surface area (Å²) >= 11 is 0. The zero-order valence-electron chi connectivity index (χ0n) is 14.7. The molecule has 1 aliphatic heterocycles. The Morgan fingerprint density at radius 1 is 0.923 bits per heavy atom. The van der Waals surface area contributed by atoms with Gasteiger partial charge in [0.1, 0.15) is 13.1 Å². The number of benzene rings is 2. The largest absolute Gasteiger partial charge is 0.332 e. The van der Waals surface area contributed by atoms with Gasteiger partial charge in [-0.3, -0.25) is 14.5 Å². The minimum atomic E-state index is -0.428. The molecule has 0 N–H and O–H groups in total. The molecule has 4 amide bonds. The Morgan fingerprint density at radius 3 is 1.85 bits per heavy atom. The summed E-state index contributed by atoms with van der Waals surface area (Å²) in [6, 6.07) is 18.9. The van der Waals surface area contributed by atoms with Gasteiger partial charge in [-0.1, -0.05) is 60.7 Å². The van der Waals surface area contributed by atoms with E-state index in [1.54, 1.807) is 11.9 Å². The monoisotopic (exact) mass is 351 g/mol. The lowest BCUT2D eigenvalue weighted by Gasteiger charge is -2.25. The first-order chi connectivity index (χ1) is 12.5. The number of likely N-dealkylation sites (N-methyl/N-ethyl adjacent to an activating group) is 1. The fraction of sp³-hybridized carbons (Fsp3) is 0.250. The molecule has 1 aliphatic rings. The number of carbonyl (C=O) groups is 3. The summed E-state index contributed by atoms with van der Waals surface area (Å²) in [7, 11) is 1.55. The first-order valence-corrected chi connectivity index (χ1v) is 8.45. The predicted molar refractivity (Wildman–Crippen MR) is 96.9 cm³/mol. The lowest BCUT2D eigenvalue weighted by Crippen LogP contribution is -2.42. The third kappa shape index (κ3) is 4.08. The second-order valence-electron chi connectivity index (χ2n) is 6.34. The lowest BCUT2D eigenvalue weighted by atomic mass is 10.1. The van der Waals surface area contributed by atoms with Crippen LogP contribution < -0.4 is 0 Å². The van der Waals surface area contributed by atoms with Crippen molar-refractivity contribution in [3.63, 3.8) is 0 Å². The number of urea groups is 1. The highest BCUT2D eigenvalue weighted by Gasteiger charge is 2.35. The highest BCUT2D eigenvalue weighted by atomic mass is 16.2. The number of imide groups is 1. The van der Waals surface area contributed by atoms with Crippen LogP contribution in [0.2, 0.25) is 0 Å². The van der Waals surface area contributed by atoms with Gasteiger partial charge in [0.25, 0.3) is 5.91 Å². The van der Waals surface area contributed by atoms with Crippen LogP contribution in [0, 0.1) is 0 Å². The van der Waals surface area contributed by atoms with E-state index < -0.39 is 6.03 Å². The van der Waals surface area contributed by atoms with Gasteiger partial charge in [0.05, 0.1) is 0 Å².